The standard InChI is InChI=1S/C20H23N3O5/c1-13(28-17-11-9-16(10-12-17)23(26)27)18(24)21-22-19(25)14-5-7-15(8-6-14)20(2,3)4/h5-13H,1-4H3,(H,21,24)(H,22,25). The van der Waals surface area contributed by atoms with Gasteiger partial charge in [0, 0.05) is 17.7 Å². The van der Waals surface area contributed by atoms with Gasteiger partial charge < -0.3 is 4.74 Å². The fourth-order valence-corrected chi connectivity index (χ4v) is 2.32. The van der Waals surface area contributed by atoms with Crippen molar-refractivity contribution < 1.29 is 19.2 Å². The average molecular weight is 385 g/mol. The number of nitro benzene ring substituents is 1. The largest absolute Gasteiger partial charge is 0.481 e. The van der Waals surface area contributed by atoms with Crippen LogP contribution in [0.1, 0.15) is 43.6 Å². The molecular formula is C20H23N3O5. The third-order valence-electron chi connectivity index (χ3n) is 4.04. The van der Waals surface area contributed by atoms with E-state index in [4.69, 9.17) is 4.74 Å². The van der Waals surface area contributed by atoms with Gasteiger partial charge in [-0.05, 0) is 42.2 Å². The molecule has 0 aromatic heterocycles. The molecule has 0 saturated heterocycles. The van der Waals surface area contributed by atoms with Crippen LogP contribution in [0.4, 0.5) is 5.69 Å². The zero-order valence-electron chi connectivity index (χ0n) is 16.2. The first-order chi connectivity index (χ1) is 13.1. The lowest BCUT2D eigenvalue weighted by molar-refractivity contribution is -0.384. The lowest BCUT2D eigenvalue weighted by Crippen LogP contribution is -2.47. The van der Waals surface area contributed by atoms with Gasteiger partial charge in [0.15, 0.2) is 6.10 Å². The van der Waals surface area contributed by atoms with E-state index in [0.717, 1.165) is 5.56 Å². The van der Waals surface area contributed by atoms with E-state index in [9.17, 15) is 19.7 Å². The summed E-state index contributed by atoms with van der Waals surface area (Å²) in [7, 11) is 0. The molecule has 0 aliphatic heterocycles. The van der Waals surface area contributed by atoms with Crippen LogP contribution in [0, 0.1) is 10.1 Å². The Labute approximate surface area is 163 Å². The minimum Gasteiger partial charge on any atom is -0.481 e. The van der Waals surface area contributed by atoms with Crippen LogP contribution < -0.4 is 15.6 Å². The number of hydrogen-bond acceptors (Lipinski definition) is 5. The maximum atomic E-state index is 12.2. The van der Waals surface area contributed by atoms with Gasteiger partial charge in [-0.15, -0.1) is 0 Å². The fraction of sp³-hybridized carbons (Fsp3) is 0.300. The highest BCUT2D eigenvalue weighted by Gasteiger charge is 2.17. The summed E-state index contributed by atoms with van der Waals surface area (Å²) in [5, 5.41) is 10.6. The number of carbonyl (C=O) groups is 2. The van der Waals surface area contributed by atoms with Crippen molar-refractivity contribution in [2.45, 2.75) is 39.2 Å². The molecule has 1 unspecified atom stereocenters. The molecule has 28 heavy (non-hydrogen) atoms. The molecule has 2 aromatic rings. The van der Waals surface area contributed by atoms with Crippen LogP contribution in [0.5, 0.6) is 5.75 Å². The second-order valence-electron chi connectivity index (χ2n) is 7.28. The molecule has 0 aliphatic rings. The van der Waals surface area contributed by atoms with Gasteiger partial charge in [-0.1, -0.05) is 32.9 Å². The summed E-state index contributed by atoms with van der Waals surface area (Å²) in [4.78, 5) is 34.4. The lowest BCUT2D eigenvalue weighted by Gasteiger charge is -2.19. The summed E-state index contributed by atoms with van der Waals surface area (Å²) in [5.74, 6) is -0.702. The number of hydrogen-bond donors (Lipinski definition) is 2. The van der Waals surface area contributed by atoms with Crippen LogP contribution in [-0.4, -0.2) is 22.8 Å². The summed E-state index contributed by atoms with van der Waals surface area (Å²) in [6.45, 7) is 7.74. The number of non-ortho nitro benzene ring substituents is 1. The number of rotatable bonds is 5. The highest BCUT2D eigenvalue weighted by molar-refractivity contribution is 5.95. The number of hydrazine groups is 1. The number of benzene rings is 2. The first-order valence-electron chi connectivity index (χ1n) is 8.70. The Hall–Kier alpha value is -3.42. The van der Waals surface area contributed by atoms with Crippen LogP contribution in [0.15, 0.2) is 48.5 Å². The van der Waals surface area contributed by atoms with Gasteiger partial charge in [0.1, 0.15) is 5.75 Å². The molecule has 2 rings (SSSR count). The molecule has 1 atom stereocenters. The second-order valence-corrected chi connectivity index (χ2v) is 7.28. The number of amides is 2. The van der Waals surface area contributed by atoms with Gasteiger partial charge in [-0.3, -0.25) is 30.6 Å². The van der Waals surface area contributed by atoms with Gasteiger partial charge in [-0.2, -0.15) is 0 Å². The summed E-state index contributed by atoms with van der Waals surface area (Å²) in [6.07, 6.45) is -0.912. The molecule has 2 N–H and O–H groups in total. The lowest BCUT2D eigenvalue weighted by atomic mass is 9.87. The molecule has 0 bridgehead atoms. The van der Waals surface area contributed by atoms with E-state index in [-0.39, 0.29) is 11.1 Å². The third-order valence-corrected chi connectivity index (χ3v) is 4.04. The molecule has 8 nitrogen and oxygen atoms in total. The van der Waals surface area contributed by atoms with E-state index in [1.807, 2.05) is 12.1 Å². The van der Waals surface area contributed by atoms with Crippen molar-refractivity contribution >= 4 is 17.5 Å². The zero-order valence-corrected chi connectivity index (χ0v) is 16.2. The molecule has 0 heterocycles. The van der Waals surface area contributed by atoms with Crippen molar-refractivity contribution in [1.29, 1.82) is 0 Å². The molecule has 2 aromatic carbocycles. The Bertz CT molecular complexity index is 855. The molecule has 0 radical (unpaired) electrons. The average Bonchev–Trinajstić information content (AvgIpc) is 2.65. The predicted octanol–water partition coefficient (Wildman–Crippen LogP) is 3.12. The van der Waals surface area contributed by atoms with Crippen LogP contribution in [-0.2, 0) is 10.2 Å². The first kappa shape index (κ1) is 20.9. The van der Waals surface area contributed by atoms with E-state index < -0.39 is 22.8 Å². The van der Waals surface area contributed by atoms with Gasteiger partial charge in [0.05, 0.1) is 4.92 Å². The smallest absolute Gasteiger partial charge is 0.279 e. The predicted molar refractivity (Wildman–Crippen MR) is 104 cm³/mol. The quantitative estimate of drug-likeness (QED) is 0.607. The van der Waals surface area contributed by atoms with Gasteiger partial charge in [0.2, 0.25) is 0 Å². The maximum Gasteiger partial charge on any atom is 0.279 e. The van der Waals surface area contributed by atoms with Crippen molar-refractivity contribution in [3.63, 3.8) is 0 Å². The maximum absolute atomic E-state index is 12.2. The molecular weight excluding hydrogens is 362 g/mol. The van der Waals surface area contributed by atoms with Crippen molar-refractivity contribution in [3.8, 4) is 5.75 Å². The number of ether oxygens (including phenoxy) is 1. The Kier molecular flexibility index (Phi) is 6.35. The summed E-state index contributed by atoms with van der Waals surface area (Å²) < 4.78 is 5.42. The number of nitrogens with one attached hydrogen (secondary N) is 2. The van der Waals surface area contributed by atoms with Gasteiger partial charge in [-0.25, -0.2) is 0 Å². The van der Waals surface area contributed by atoms with E-state index in [1.165, 1.54) is 31.2 Å². The minimum absolute atomic E-state index is 0.0200. The molecule has 0 aliphatic carbocycles. The molecule has 0 spiro atoms. The van der Waals surface area contributed by atoms with Crippen LogP contribution in [0.2, 0.25) is 0 Å². The van der Waals surface area contributed by atoms with Crippen LogP contribution in [0.25, 0.3) is 0 Å². The van der Waals surface area contributed by atoms with Crippen LogP contribution >= 0.6 is 0 Å². The zero-order chi connectivity index (χ0) is 20.9. The number of carbonyl (C=O) groups excluding carboxylic acids is 2. The van der Waals surface area contributed by atoms with Crippen molar-refractivity contribution in [2.24, 2.45) is 0 Å². The second kappa shape index (κ2) is 8.51. The summed E-state index contributed by atoms with van der Waals surface area (Å²) in [6, 6.07) is 12.5. The van der Waals surface area contributed by atoms with Gasteiger partial charge >= 0.3 is 0 Å². The van der Waals surface area contributed by atoms with Crippen molar-refractivity contribution in [2.75, 3.05) is 0 Å². The minimum atomic E-state index is -0.912. The van der Waals surface area contributed by atoms with Crippen molar-refractivity contribution in [3.05, 3.63) is 69.8 Å². The van der Waals surface area contributed by atoms with E-state index in [0.29, 0.717) is 11.3 Å². The molecule has 148 valence electrons. The highest BCUT2D eigenvalue weighted by Crippen LogP contribution is 2.22. The summed E-state index contributed by atoms with van der Waals surface area (Å²) >= 11 is 0. The fourth-order valence-electron chi connectivity index (χ4n) is 2.32. The number of nitrogens with zero attached hydrogens (tertiary/aromatic N) is 1. The third kappa shape index (κ3) is 5.54. The normalized spacial score (nSPS) is 12.0. The molecule has 0 saturated carbocycles. The molecule has 0 fully saturated rings. The van der Waals surface area contributed by atoms with Crippen LogP contribution in [0.3, 0.4) is 0 Å². The Morgan fingerprint density at radius 3 is 2.07 bits per heavy atom. The SMILES string of the molecule is CC(Oc1ccc([N+](=O)[O-])cc1)C(=O)NNC(=O)c1ccc(C(C)(C)C)cc1. The molecule has 8 heteroatoms. The highest BCUT2D eigenvalue weighted by atomic mass is 16.6. The Balaban J connectivity index is 1.88. The Morgan fingerprint density at radius 2 is 1.57 bits per heavy atom. The topological polar surface area (TPSA) is 111 Å². The monoisotopic (exact) mass is 385 g/mol. The summed E-state index contributed by atoms with van der Waals surface area (Å²) in [5.41, 5.74) is 6.06. The van der Waals surface area contributed by atoms with E-state index in [2.05, 4.69) is 31.6 Å². The van der Waals surface area contributed by atoms with E-state index in [1.54, 1.807) is 12.1 Å². The first-order valence-corrected chi connectivity index (χ1v) is 8.70. The molecule has 2 amide bonds. The van der Waals surface area contributed by atoms with E-state index >= 15 is 0 Å². The van der Waals surface area contributed by atoms with Crippen molar-refractivity contribution in [1.82, 2.24) is 10.9 Å². The van der Waals surface area contributed by atoms with Gasteiger partial charge in [0.25, 0.3) is 17.5 Å². The number of nitro groups is 1. The Morgan fingerprint density at radius 1 is 1.00 bits per heavy atom.